The number of nitrogens with one attached hydrogen (secondary N) is 1. The highest BCUT2D eigenvalue weighted by Crippen LogP contribution is 2.20. The van der Waals surface area contributed by atoms with Crippen LogP contribution in [-0.4, -0.2) is 25.0 Å². The first-order valence-corrected chi connectivity index (χ1v) is 8.34. The Balaban J connectivity index is 1.42. The van der Waals surface area contributed by atoms with E-state index in [0.717, 1.165) is 30.2 Å². The molecule has 124 valence electrons. The number of nitrogens with zero attached hydrogens (tertiary/aromatic N) is 5. The lowest BCUT2D eigenvalue weighted by Gasteiger charge is -2.18. The standard InChI is InChI=1S/C17H20N6O/c1-12(16-21-19-14-9-5-6-10-23(14)16)18-11-15-20-22-17(24-15)13-7-3-2-4-8-13/h2-4,7-8,12,18H,5-6,9-11H2,1H3/t12-/m1/s1. The summed E-state index contributed by atoms with van der Waals surface area (Å²) in [5.41, 5.74) is 0.927. The van der Waals surface area contributed by atoms with Gasteiger partial charge in [0.15, 0.2) is 0 Å². The lowest BCUT2D eigenvalue weighted by molar-refractivity contribution is 0.428. The average molecular weight is 324 g/mol. The van der Waals surface area contributed by atoms with Crippen molar-refractivity contribution in [3.8, 4) is 11.5 Å². The third-order valence-electron chi connectivity index (χ3n) is 4.32. The third-order valence-corrected chi connectivity index (χ3v) is 4.32. The van der Waals surface area contributed by atoms with Crippen molar-refractivity contribution < 1.29 is 4.42 Å². The van der Waals surface area contributed by atoms with Gasteiger partial charge >= 0.3 is 0 Å². The second kappa shape index (κ2) is 6.52. The molecule has 0 fully saturated rings. The van der Waals surface area contributed by atoms with Crippen LogP contribution in [0.5, 0.6) is 0 Å². The molecule has 1 atom stereocenters. The van der Waals surface area contributed by atoms with Crippen LogP contribution < -0.4 is 5.32 Å². The number of hydrogen-bond donors (Lipinski definition) is 1. The van der Waals surface area contributed by atoms with Crippen LogP contribution in [0.1, 0.15) is 43.3 Å². The average Bonchev–Trinajstić information content (AvgIpc) is 3.27. The van der Waals surface area contributed by atoms with Crippen molar-refractivity contribution >= 4 is 0 Å². The Kier molecular flexibility index (Phi) is 4.08. The highest BCUT2D eigenvalue weighted by atomic mass is 16.4. The second-order valence-corrected chi connectivity index (χ2v) is 6.05. The fourth-order valence-corrected chi connectivity index (χ4v) is 3.01. The van der Waals surface area contributed by atoms with Crippen LogP contribution in [0.15, 0.2) is 34.7 Å². The van der Waals surface area contributed by atoms with Crippen LogP contribution >= 0.6 is 0 Å². The van der Waals surface area contributed by atoms with E-state index < -0.39 is 0 Å². The van der Waals surface area contributed by atoms with Crippen molar-refractivity contribution in [2.45, 2.75) is 45.3 Å². The van der Waals surface area contributed by atoms with E-state index in [1.54, 1.807) is 0 Å². The van der Waals surface area contributed by atoms with Crippen molar-refractivity contribution in [2.24, 2.45) is 0 Å². The molecule has 24 heavy (non-hydrogen) atoms. The lowest BCUT2D eigenvalue weighted by atomic mass is 10.1. The lowest BCUT2D eigenvalue weighted by Crippen LogP contribution is -2.23. The molecule has 3 aromatic rings. The van der Waals surface area contributed by atoms with Gasteiger partial charge in [-0.3, -0.25) is 5.32 Å². The third kappa shape index (κ3) is 2.94. The smallest absolute Gasteiger partial charge is 0.247 e. The van der Waals surface area contributed by atoms with Gasteiger partial charge in [0.1, 0.15) is 11.6 Å². The van der Waals surface area contributed by atoms with E-state index in [2.05, 4.69) is 37.2 Å². The Morgan fingerprint density at radius 1 is 1.12 bits per heavy atom. The molecule has 7 nitrogen and oxygen atoms in total. The van der Waals surface area contributed by atoms with E-state index >= 15 is 0 Å². The van der Waals surface area contributed by atoms with E-state index in [0.29, 0.717) is 18.3 Å². The second-order valence-electron chi connectivity index (χ2n) is 6.05. The first kappa shape index (κ1) is 15.0. The number of aromatic nitrogens is 5. The molecule has 4 rings (SSSR count). The summed E-state index contributed by atoms with van der Waals surface area (Å²) in [5, 5.41) is 20.3. The highest BCUT2D eigenvalue weighted by Gasteiger charge is 2.20. The Labute approximate surface area is 140 Å². The zero-order valence-electron chi connectivity index (χ0n) is 13.6. The van der Waals surface area contributed by atoms with Crippen LogP contribution in [0, 0.1) is 0 Å². The van der Waals surface area contributed by atoms with Crippen molar-refractivity contribution in [3.05, 3.63) is 47.9 Å². The number of hydrogen-bond acceptors (Lipinski definition) is 6. The van der Waals surface area contributed by atoms with Gasteiger partial charge in [0.2, 0.25) is 11.8 Å². The maximum absolute atomic E-state index is 5.72. The van der Waals surface area contributed by atoms with Gasteiger partial charge < -0.3 is 8.98 Å². The molecular formula is C17H20N6O. The van der Waals surface area contributed by atoms with Crippen LogP contribution in [0.3, 0.4) is 0 Å². The first-order valence-electron chi connectivity index (χ1n) is 8.34. The van der Waals surface area contributed by atoms with E-state index in [9.17, 15) is 0 Å². The van der Waals surface area contributed by atoms with E-state index in [-0.39, 0.29) is 6.04 Å². The van der Waals surface area contributed by atoms with Crippen LogP contribution in [0.2, 0.25) is 0 Å². The van der Waals surface area contributed by atoms with Crippen LogP contribution in [-0.2, 0) is 19.5 Å². The molecule has 0 bridgehead atoms. The highest BCUT2D eigenvalue weighted by molar-refractivity contribution is 5.51. The Bertz CT molecular complexity index is 810. The maximum atomic E-state index is 5.72. The molecule has 0 spiro atoms. The molecule has 1 N–H and O–H groups in total. The predicted octanol–water partition coefficient (Wildman–Crippen LogP) is 2.52. The molecule has 0 unspecified atom stereocenters. The fourth-order valence-electron chi connectivity index (χ4n) is 3.01. The van der Waals surface area contributed by atoms with Crippen molar-refractivity contribution in [3.63, 3.8) is 0 Å². The van der Waals surface area contributed by atoms with Gasteiger partial charge in [-0.25, -0.2) is 0 Å². The minimum atomic E-state index is 0.0800. The number of aryl methyl sites for hydroxylation is 1. The minimum Gasteiger partial charge on any atom is -0.419 e. The van der Waals surface area contributed by atoms with Crippen molar-refractivity contribution in [1.29, 1.82) is 0 Å². The fraction of sp³-hybridized carbons (Fsp3) is 0.412. The zero-order chi connectivity index (χ0) is 16.4. The summed E-state index contributed by atoms with van der Waals surface area (Å²) in [6.07, 6.45) is 3.41. The van der Waals surface area contributed by atoms with Gasteiger partial charge in [-0.05, 0) is 31.9 Å². The molecule has 1 aromatic carbocycles. The summed E-state index contributed by atoms with van der Waals surface area (Å²) in [5.74, 6) is 3.18. The van der Waals surface area contributed by atoms with E-state index in [1.165, 1.54) is 12.8 Å². The normalized spacial score (nSPS) is 15.2. The molecule has 0 saturated carbocycles. The topological polar surface area (TPSA) is 81.7 Å². The maximum Gasteiger partial charge on any atom is 0.247 e. The summed E-state index contributed by atoms with van der Waals surface area (Å²) < 4.78 is 7.95. The Morgan fingerprint density at radius 3 is 2.88 bits per heavy atom. The quantitative estimate of drug-likeness (QED) is 0.776. The van der Waals surface area contributed by atoms with Gasteiger partial charge in [0.05, 0.1) is 12.6 Å². The summed E-state index contributed by atoms with van der Waals surface area (Å²) in [7, 11) is 0. The molecule has 3 heterocycles. The molecule has 0 saturated heterocycles. The SMILES string of the molecule is C[C@@H](NCc1nnc(-c2ccccc2)o1)c1nnc2n1CCCC2. The Hall–Kier alpha value is -2.54. The molecule has 2 aromatic heterocycles. The summed E-state index contributed by atoms with van der Waals surface area (Å²) in [4.78, 5) is 0. The molecule has 0 radical (unpaired) electrons. The zero-order valence-corrected chi connectivity index (χ0v) is 13.6. The van der Waals surface area contributed by atoms with Crippen LogP contribution in [0.4, 0.5) is 0 Å². The summed E-state index contributed by atoms with van der Waals surface area (Å²) in [6, 6.07) is 9.85. The summed E-state index contributed by atoms with van der Waals surface area (Å²) >= 11 is 0. The molecule has 0 amide bonds. The minimum absolute atomic E-state index is 0.0800. The van der Waals surface area contributed by atoms with Gasteiger partial charge in [0.25, 0.3) is 0 Å². The van der Waals surface area contributed by atoms with E-state index in [1.807, 2.05) is 30.3 Å². The van der Waals surface area contributed by atoms with Gasteiger partial charge in [-0.2, -0.15) is 0 Å². The first-order chi connectivity index (χ1) is 11.8. The molecule has 1 aliphatic rings. The molecule has 7 heteroatoms. The molecular weight excluding hydrogens is 304 g/mol. The largest absolute Gasteiger partial charge is 0.419 e. The number of rotatable bonds is 5. The van der Waals surface area contributed by atoms with Gasteiger partial charge in [0, 0.05) is 18.5 Å². The van der Waals surface area contributed by atoms with Gasteiger partial charge in [-0.1, -0.05) is 18.2 Å². The van der Waals surface area contributed by atoms with Crippen molar-refractivity contribution in [1.82, 2.24) is 30.3 Å². The number of fused-ring (bicyclic) bond motifs is 1. The Morgan fingerprint density at radius 2 is 2.00 bits per heavy atom. The summed E-state index contributed by atoms with van der Waals surface area (Å²) in [6.45, 7) is 3.59. The van der Waals surface area contributed by atoms with Crippen molar-refractivity contribution in [2.75, 3.05) is 0 Å². The van der Waals surface area contributed by atoms with E-state index in [4.69, 9.17) is 4.42 Å². The van der Waals surface area contributed by atoms with Crippen LogP contribution in [0.25, 0.3) is 11.5 Å². The molecule has 1 aliphatic heterocycles. The molecule has 0 aliphatic carbocycles. The number of benzene rings is 1. The predicted molar refractivity (Wildman–Crippen MR) is 87.9 cm³/mol. The monoisotopic (exact) mass is 324 g/mol. The van der Waals surface area contributed by atoms with Gasteiger partial charge in [-0.15, -0.1) is 20.4 Å².